The van der Waals surface area contributed by atoms with Crippen LogP contribution < -0.4 is 5.73 Å². The van der Waals surface area contributed by atoms with Crippen LogP contribution in [0.2, 0.25) is 0 Å². The van der Waals surface area contributed by atoms with Crippen LogP contribution >= 0.6 is 11.8 Å². The van der Waals surface area contributed by atoms with Crippen molar-refractivity contribution in [2.45, 2.75) is 12.5 Å². The van der Waals surface area contributed by atoms with Gasteiger partial charge in [0.05, 0.1) is 12.8 Å². The van der Waals surface area contributed by atoms with Gasteiger partial charge in [0.2, 0.25) is 0 Å². The number of aliphatic imine (C=N–C) groups is 1. The Labute approximate surface area is 111 Å². The lowest BCUT2D eigenvalue weighted by Crippen LogP contribution is -2.43. The number of hydrogen-bond acceptors (Lipinski definition) is 4. The summed E-state index contributed by atoms with van der Waals surface area (Å²) in [7, 11) is 0. The van der Waals surface area contributed by atoms with Crippen molar-refractivity contribution in [1.82, 2.24) is 4.90 Å². The SMILES string of the molecule is CC(O)(CN=C(N)N1CCSCC1)c1ccco1. The van der Waals surface area contributed by atoms with E-state index < -0.39 is 5.60 Å². The molecule has 0 saturated carbocycles. The molecule has 5 nitrogen and oxygen atoms in total. The third-order valence-electron chi connectivity index (χ3n) is 2.94. The van der Waals surface area contributed by atoms with Gasteiger partial charge in [-0.1, -0.05) is 0 Å². The molecule has 100 valence electrons. The van der Waals surface area contributed by atoms with Crippen LogP contribution in [0.1, 0.15) is 12.7 Å². The van der Waals surface area contributed by atoms with Gasteiger partial charge in [-0.2, -0.15) is 11.8 Å². The topological polar surface area (TPSA) is 75.0 Å². The molecular weight excluding hydrogens is 250 g/mol. The average molecular weight is 269 g/mol. The van der Waals surface area contributed by atoms with Crippen LogP contribution in [0.15, 0.2) is 27.8 Å². The van der Waals surface area contributed by atoms with Gasteiger partial charge in [-0.25, -0.2) is 4.99 Å². The van der Waals surface area contributed by atoms with Crippen LogP contribution in [0.3, 0.4) is 0 Å². The normalized spacial score (nSPS) is 20.8. The van der Waals surface area contributed by atoms with Crippen molar-refractivity contribution in [1.29, 1.82) is 0 Å². The fourth-order valence-corrected chi connectivity index (χ4v) is 2.69. The third kappa shape index (κ3) is 3.20. The molecule has 0 aromatic carbocycles. The van der Waals surface area contributed by atoms with Gasteiger partial charge in [-0.05, 0) is 19.1 Å². The molecule has 1 saturated heterocycles. The van der Waals surface area contributed by atoms with E-state index >= 15 is 0 Å². The minimum absolute atomic E-state index is 0.204. The summed E-state index contributed by atoms with van der Waals surface area (Å²) in [4.78, 5) is 6.33. The molecule has 1 aromatic heterocycles. The first-order valence-electron chi connectivity index (χ1n) is 5.98. The number of rotatable bonds is 3. The second-order valence-electron chi connectivity index (χ2n) is 4.53. The van der Waals surface area contributed by atoms with Gasteiger partial charge in [0.1, 0.15) is 11.4 Å². The molecule has 1 atom stereocenters. The highest BCUT2D eigenvalue weighted by molar-refractivity contribution is 7.99. The zero-order valence-corrected chi connectivity index (χ0v) is 11.3. The predicted octanol–water partition coefficient (Wildman–Crippen LogP) is 0.851. The lowest BCUT2D eigenvalue weighted by atomic mass is 10.0. The highest BCUT2D eigenvalue weighted by Gasteiger charge is 2.26. The number of guanidine groups is 1. The zero-order chi connectivity index (χ0) is 13.0. The first kappa shape index (κ1) is 13.3. The maximum atomic E-state index is 10.2. The lowest BCUT2D eigenvalue weighted by Gasteiger charge is -2.28. The van der Waals surface area contributed by atoms with Gasteiger partial charge >= 0.3 is 0 Å². The van der Waals surface area contributed by atoms with Crippen molar-refractivity contribution in [2.75, 3.05) is 31.1 Å². The summed E-state index contributed by atoms with van der Waals surface area (Å²) in [5.74, 6) is 3.16. The molecule has 3 N–H and O–H groups in total. The van der Waals surface area contributed by atoms with Crippen molar-refractivity contribution >= 4 is 17.7 Å². The molecule has 0 amide bonds. The largest absolute Gasteiger partial charge is 0.466 e. The van der Waals surface area contributed by atoms with Gasteiger partial charge < -0.3 is 20.2 Å². The molecule has 1 aromatic rings. The summed E-state index contributed by atoms with van der Waals surface area (Å²) < 4.78 is 5.20. The lowest BCUT2D eigenvalue weighted by molar-refractivity contribution is 0.0435. The molecule has 0 spiro atoms. The molecule has 1 aliphatic rings. The summed E-state index contributed by atoms with van der Waals surface area (Å²) in [6.07, 6.45) is 1.54. The Balaban J connectivity index is 1.96. The Morgan fingerprint density at radius 1 is 1.61 bits per heavy atom. The minimum Gasteiger partial charge on any atom is -0.466 e. The van der Waals surface area contributed by atoms with Crippen LogP contribution in [-0.4, -0.2) is 47.1 Å². The van der Waals surface area contributed by atoms with Gasteiger partial charge in [0.25, 0.3) is 0 Å². The van der Waals surface area contributed by atoms with E-state index in [0.29, 0.717) is 11.7 Å². The third-order valence-corrected chi connectivity index (χ3v) is 3.88. The fraction of sp³-hybridized carbons (Fsp3) is 0.583. The molecule has 2 heterocycles. The van der Waals surface area contributed by atoms with Gasteiger partial charge in [0.15, 0.2) is 5.96 Å². The van der Waals surface area contributed by atoms with Crippen molar-refractivity contribution in [3.05, 3.63) is 24.2 Å². The molecule has 0 aliphatic carbocycles. The van der Waals surface area contributed by atoms with E-state index in [0.717, 1.165) is 24.6 Å². The highest BCUT2D eigenvalue weighted by Crippen LogP contribution is 2.21. The average Bonchev–Trinajstić information content (AvgIpc) is 2.92. The molecule has 1 aliphatic heterocycles. The monoisotopic (exact) mass is 269 g/mol. The first-order valence-corrected chi connectivity index (χ1v) is 7.14. The van der Waals surface area contributed by atoms with E-state index in [9.17, 15) is 5.11 Å². The molecule has 2 rings (SSSR count). The van der Waals surface area contributed by atoms with Crippen molar-refractivity contribution < 1.29 is 9.52 Å². The molecule has 0 bridgehead atoms. The maximum absolute atomic E-state index is 10.2. The van der Waals surface area contributed by atoms with Gasteiger partial charge in [-0.15, -0.1) is 0 Å². The summed E-state index contributed by atoms with van der Waals surface area (Å²) in [6.45, 7) is 3.72. The first-order chi connectivity index (χ1) is 8.59. The van der Waals surface area contributed by atoms with E-state index in [4.69, 9.17) is 10.2 Å². The van der Waals surface area contributed by atoms with E-state index in [-0.39, 0.29) is 6.54 Å². The van der Waals surface area contributed by atoms with Gasteiger partial charge in [-0.3, -0.25) is 0 Å². The fourth-order valence-electron chi connectivity index (χ4n) is 1.79. The molecular formula is C12H19N3O2S. The van der Waals surface area contributed by atoms with E-state index in [1.807, 2.05) is 11.8 Å². The minimum atomic E-state index is -1.11. The predicted molar refractivity (Wildman–Crippen MR) is 73.7 cm³/mol. The molecule has 1 fully saturated rings. The Hall–Kier alpha value is -1.14. The molecule has 1 unspecified atom stereocenters. The van der Waals surface area contributed by atoms with E-state index in [1.54, 1.807) is 25.3 Å². The Kier molecular flexibility index (Phi) is 4.19. The summed E-state index contributed by atoms with van der Waals surface area (Å²) in [6, 6.07) is 3.49. The van der Waals surface area contributed by atoms with Gasteiger partial charge in [0, 0.05) is 24.6 Å². The standard InChI is InChI=1S/C12H19N3O2S/c1-12(16,10-3-2-6-17-10)9-14-11(13)15-4-7-18-8-5-15/h2-3,6,16H,4-5,7-9H2,1H3,(H2,13,14). The summed E-state index contributed by atoms with van der Waals surface area (Å²) in [5.41, 5.74) is 4.82. The van der Waals surface area contributed by atoms with Crippen molar-refractivity contribution in [2.24, 2.45) is 10.7 Å². The Morgan fingerprint density at radius 3 is 2.94 bits per heavy atom. The molecule has 0 radical (unpaired) electrons. The number of furan rings is 1. The van der Waals surface area contributed by atoms with Crippen LogP contribution in [0.25, 0.3) is 0 Å². The number of nitrogens with two attached hydrogens (primary N) is 1. The number of nitrogens with zero attached hydrogens (tertiary/aromatic N) is 2. The molecule has 6 heteroatoms. The molecule has 18 heavy (non-hydrogen) atoms. The van der Waals surface area contributed by atoms with Crippen molar-refractivity contribution in [3.63, 3.8) is 0 Å². The second kappa shape index (κ2) is 5.67. The van der Waals surface area contributed by atoms with Crippen molar-refractivity contribution in [3.8, 4) is 0 Å². The smallest absolute Gasteiger partial charge is 0.191 e. The van der Waals surface area contributed by atoms with E-state index in [2.05, 4.69) is 9.89 Å². The second-order valence-corrected chi connectivity index (χ2v) is 5.75. The summed E-state index contributed by atoms with van der Waals surface area (Å²) in [5, 5.41) is 10.2. The maximum Gasteiger partial charge on any atom is 0.191 e. The quantitative estimate of drug-likeness (QED) is 0.628. The number of hydrogen-bond donors (Lipinski definition) is 2. The highest BCUT2D eigenvalue weighted by atomic mass is 32.2. The Morgan fingerprint density at radius 2 is 2.33 bits per heavy atom. The zero-order valence-electron chi connectivity index (χ0n) is 10.5. The van der Waals surface area contributed by atoms with Crippen LogP contribution in [0, 0.1) is 0 Å². The van der Waals surface area contributed by atoms with Crippen LogP contribution in [0.5, 0.6) is 0 Å². The van der Waals surface area contributed by atoms with Crippen LogP contribution in [-0.2, 0) is 5.60 Å². The number of aliphatic hydroxyl groups is 1. The Bertz CT molecular complexity index is 397. The van der Waals surface area contributed by atoms with E-state index in [1.165, 1.54) is 0 Å². The summed E-state index contributed by atoms with van der Waals surface area (Å²) >= 11 is 1.92. The van der Waals surface area contributed by atoms with Crippen LogP contribution in [0.4, 0.5) is 0 Å². The number of thioether (sulfide) groups is 1.